The van der Waals surface area contributed by atoms with Crippen LogP contribution in [0.1, 0.15) is 23.6 Å². The molecule has 1 N–H and O–H groups in total. The average Bonchev–Trinajstić information content (AvgIpc) is 2.48. The Hall–Kier alpha value is -1.69. The highest BCUT2D eigenvalue weighted by atomic mass is 16.5. The van der Waals surface area contributed by atoms with Crippen LogP contribution in [-0.4, -0.2) is 41.9 Å². The van der Waals surface area contributed by atoms with Crippen LogP contribution in [0.25, 0.3) is 11.0 Å². The van der Waals surface area contributed by atoms with Crippen molar-refractivity contribution in [3.05, 3.63) is 45.3 Å². The monoisotopic (exact) mass is 317 g/mol. The highest BCUT2D eigenvalue weighted by molar-refractivity contribution is 5.81. The number of benzene rings is 1. The van der Waals surface area contributed by atoms with Gasteiger partial charge in [-0.3, -0.25) is 4.90 Å². The number of fused-ring (bicyclic) bond motifs is 1. The lowest BCUT2D eigenvalue weighted by Crippen LogP contribution is -2.47. The fourth-order valence-electron chi connectivity index (χ4n) is 3.23. The van der Waals surface area contributed by atoms with Crippen molar-refractivity contribution < 1.29 is 14.3 Å². The fourth-order valence-corrected chi connectivity index (χ4v) is 3.23. The minimum Gasteiger partial charge on any atom is -0.423 e. The van der Waals surface area contributed by atoms with Crippen LogP contribution in [-0.2, 0) is 11.3 Å². The molecule has 1 aliphatic rings. The Balaban J connectivity index is 1.96. The van der Waals surface area contributed by atoms with Crippen LogP contribution in [0, 0.1) is 13.8 Å². The summed E-state index contributed by atoms with van der Waals surface area (Å²) < 4.78 is 11.0. The van der Waals surface area contributed by atoms with Gasteiger partial charge in [0.15, 0.2) is 0 Å². The quantitative estimate of drug-likeness (QED) is 0.877. The summed E-state index contributed by atoms with van der Waals surface area (Å²) in [4.78, 5) is 14.1. The van der Waals surface area contributed by atoms with E-state index in [0.717, 1.165) is 23.1 Å². The van der Waals surface area contributed by atoms with Gasteiger partial charge in [0.05, 0.1) is 18.8 Å². The smallest absolute Gasteiger partial charge is 0.336 e. The number of ether oxygens (including phenoxy) is 1. The molecule has 5 heteroatoms. The zero-order valence-electron chi connectivity index (χ0n) is 13.8. The molecular formula is C18H23NO4. The Labute approximate surface area is 135 Å². The molecule has 0 spiro atoms. The van der Waals surface area contributed by atoms with Gasteiger partial charge in [-0.05, 0) is 49.6 Å². The lowest BCUT2D eigenvalue weighted by molar-refractivity contribution is -0.0971. The van der Waals surface area contributed by atoms with Gasteiger partial charge in [0, 0.05) is 31.1 Å². The Morgan fingerprint density at radius 3 is 2.70 bits per heavy atom. The van der Waals surface area contributed by atoms with Crippen LogP contribution in [0.2, 0.25) is 0 Å². The second-order valence-electron chi connectivity index (χ2n) is 6.47. The van der Waals surface area contributed by atoms with Gasteiger partial charge in [0.25, 0.3) is 0 Å². The first-order chi connectivity index (χ1) is 11.0. The molecule has 1 fully saturated rings. The maximum absolute atomic E-state index is 11.9. The van der Waals surface area contributed by atoms with Crippen LogP contribution in [0.5, 0.6) is 0 Å². The first-order valence-corrected chi connectivity index (χ1v) is 7.99. The number of hydrogen-bond donors (Lipinski definition) is 1. The Morgan fingerprint density at radius 2 is 1.96 bits per heavy atom. The second kappa shape index (κ2) is 6.43. The predicted molar refractivity (Wildman–Crippen MR) is 88.7 cm³/mol. The molecule has 0 bridgehead atoms. The number of nitrogens with zero attached hydrogens (tertiary/aromatic N) is 1. The normalized spacial score (nSPS) is 22.6. The van der Waals surface area contributed by atoms with Crippen molar-refractivity contribution in [2.45, 2.75) is 39.5 Å². The minimum absolute atomic E-state index is 0.0107. The van der Waals surface area contributed by atoms with Crippen molar-refractivity contribution >= 4 is 11.0 Å². The lowest BCUT2D eigenvalue weighted by atomic mass is 10.0. The van der Waals surface area contributed by atoms with Gasteiger partial charge in [-0.15, -0.1) is 0 Å². The summed E-state index contributed by atoms with van der Waals surface area (Å²) in [5, 5.41) is 10.3. The zero-order valence-corrected chi connectivity index (χ0v) is 13.8. The summed E-state index contributed by atoms with van der Waals surface area (Å²) in [5.74, 6) is 0. The van der Waals surface area contributed by atoms with Gasteiger partial charge in [0.2, 0.25) is 0 Å². The molecule has 23 heavy (non-hydrogen) atoms. The lowest BCUT2D eigenvalue weighted by Gasteiger charge is -2.36. The fraction of sp³-hybridized carbons (Fsp3) is 0.500. The highest BCUT2D eigenvalue weighted by Crippen LogP contribution is 2.23. The van der Waals surface area contributed by atoms with Gasteiger partial charge in [-0.1, -0.05) is 0 Å². The number of morpholine rings is 1. The molecule has 3 rings (SSSR count). The third-order valence-electron chi connectivity index (χ3n) is 4.44. The minimum atomic E-state index is -0.323. The van der Waals surface area contributed by atoms with E-state index in [0.29, 0.717) is 18.7 Å². The molecule has 2 heterocycles. The van der Waals surface area contributed by atoms with Crippen molar-refractivity contribution in [1.29, 1.82) is 0 Å². The number of aliphatic hydroxyl groups is 1. The van der Waals surface area contributed by atoms with E-state index in [9.17, 15) is 9.90 Å². The molecule has 0 saturated carbocycles. The summed E-state index contributed by atoms with van der Waals surface area (Å²) >= 11 is 0. The number of aryl methyl sites for hydroxylation is 2. The molecule has 2 aromatic rings. The van der Waals surface area contributed by atoms with Crippen LogP contribution >= 0.6 is 0 Å². The molecular weight excluding hydrogens is 294 g/mol. The molecule has 0 amide bonds. The summed E-state index contributed by atoms with van der Waals surface area (Å²) in [7, 11) is 0. The van der Waals surface area contributed by atoms with Gasteiger partial charge in [0.1, 0.15) is 5.58 Å². The van der Waals surface area contributed by atoms with E-state index in [1.54, 1.807) is 6.07 Å². The van der Waals surface area contributed by atoms with Crippen LogP contribution < -0.4 is 5.63 Å². The Morgan fingerprint density at radius 1 is 1.22 bits per heavy atom. The molecule has 124 valence electrons. The third-order valence-corrected chi connectivity index (χ3v) is 4.44. The zero-order chi connectivity index (χ0) is 16.6. The summed E-state index contributed by atoms with van der Waals surface area (Å²) in [6.07, 6.45) is -0.106. The summed E-state index contributed by atoms with van der Waals surface area (Å²) in [6, 6.07) is 5.58. The van der Waals surface area contributed by atoms with Crippen molar-refractivity contribution in [2.24, 2.45) is 0 Å². The first kappa shape index (κ1) is 16.2. The topological polar surface area (TPSA) is 62.9 Å². The molecule has 2 atom stereocenters. The van der Waals surface area contributed by atoms with E-state index in [1.807, 2.05) is 19.9 Å². The molecule has 0 radical (unpaired) electrons. The van der Waals surface area contributed by atoms with Crippen LogP contribution in [0.4, 0.5) is 0 Å². The molecule has 1 saturated heterocycles. The average molecular weight is 317 g/mol. The van der Waals surface area contributed by atoms with E-state index < -0.39 is 0 Å². The Bertz CT molecular complexity index is 767. The predicted octanol–water partition coefficient (Wildman–Crippen LogP) is 1.99. The molecule has 0 aliphatic carbocycles. The molecule has 0 unspecified atom stereocenters. The van der Waals surface area contributed by atoms with Crippen LogP contribution in [0.15, 0.2) is 27.4 Å². The van der Waals surface area contributed by atoms with E-state index in [2.05, 4.69) is 17.9 Å². The summed E-state index contributed by atoms with van der Waals surface area (Å²) in [6.45, 7) is 8.17. The first-order valence-electron chi connectivity index (χ1n) is 7.99. The summed E-state index contributed by atoms with van der Waals surface area (Å²) in [5.41, 5.74) is 3.56. The van der Waals surface area contributed by atoms with Gasteiger partial charge in [-0.25, -0.2) is 4.79 Å². The van der Waals surface area contributed by atoms with E-state index in [-0.39, 0.29) is 24.4 Å². The van der Waals surface area contributed by atoms with E-state index in [1.165, 1.54) is 5.56 Å². The number of aliphatic hydroxyl groups excluding tert-OH is 1. The van der Waals surface area contributed by atoms with E-state index in [4.69, 9.17) is 9.15 Å². The molecule has 1 aliphatic heterocycles. The highest BCUT2D eigenvalue weighted by Gasteiger charge is 2.25. The number of hydrogen-bond acceptors (Lipinski definition) is 5. The van der Waals surface area contributed by atoms with Crippen molar-refractivity contribution in [1.82, 2.24) is 4.90 Å². The molecule has 5 nitrogen and oxygen atoms in total. The Kier molecular flexibility index (Phi) is 4.53. The van der Waals surface area contributed by atoms with Crippen molar-refractivity contribution in [3.8, 4) is 0 Å². The van der Waals surface area contributed by atoms with Gasteiger partial charge >= 0.3 is 5.63 Å². The van der Waals surface area contributed by atoms with E-state index >= 15 is 0 Å². The van der Waals surface area contributed by atoms with Gasteiger partial charge < -0.3 is 14.3 Å². The largest absolute Gasteiger partial charge is 0.423 e. The maximum atomic E-state index is 11.9. The van der Waals surface area contributed by atoms with Crippen molar-refractivity contribution in [3.63, 3.8) is 0 Å². The van der Waals surface area contributed by atoms with Gasteiger partial charge in [-0.2, -0.15) is 0 Å². The number of rotatable bonds is 3. The molecule has 1 aromatic carbocycles. The third kappa shape index (κ3) is 3.47. The maximum Gasteiger partial charge on any atom is 0.336 e. The van der Waals surface area contributed by atoms with Crippen molar-refractivity contribution in [2.75, 3.05) is 19.7 Å². The standard InChI is InChI=1S/C18H23NO4/c1-11-4-16-14(6-18(21)23-17(16)5-12(11)2)8-19-7-13(3)22-15(9-19)10-20/h4-6,13,15,20H,7-10H2,1-3H3/t13-,15-/m0/s1. The second-order valence-corrected chi connectivity index (χ2v) is 6.47. The molecule has 1 aromatic heterocycles. The SMILES string of the molecule is Cc1cc2oc(=O)cc(CN3C[C@@H](CO)O[C@@H](C)C3)c2cc1C. The van der Waals surface area contributed by atoms with Crippen LogP contribution in [0.3, 0.4) is 0 Å².